The third-order valence-electron chi connectivity index (χ3n) is 3.25. The van der Waals surface area contributed by atoms with Gasteiger partial charge in [0.2, 0.25) is 0 Å². The molecule has 0 saturated carbocycles. The molecule has 0 spiro atoms. The summed E-state index contributed by atoms with van der Waals surface area (Å²) in [6.07, 6.45) is 1.50. The van der Waals surface area contributed by atoms with Crippen molar-refractivity contribution in [1.29, 1.82) is 0 Å². The van der Waals surface area contributed by atoms with Crippen LogP contribution in [0.15, 0.2) is 18.2 Å². The fourth-order valence-corrected chi connectivity index (χ4v) is 2.22. The van der Waals surface area contributed by atoms with E-state index in [4.69, 9.17) is 4.74 Å². The van der Waals surface area contributed by atoms with Gasteiger partial charge in [0.05, 0.1) is 17.1 Å². The van der Waals surface area contributed by atoms with Crippen molar-refractivity contribution >= 4 is 11.6 Å². The summed E-state index contributed by atoms with van der Waals surface area (Å²) in [5.41, 5.74) is -1.28. The molecule has 1 atom stereocenters. The largest absolute Gasteiger partial charge is 0.379 e. The molecule has 1 fully saturated rings. The van der Waals surface area contributed by atoms with E-state index in [0.29, 0.717) is 19.6 Å². The standard InChI is InChI=1S/C13H15FN2O4/c1-13(5-2-6-20-8-13)15-12(17)10-7-9(14)3-4-11(10)16(18)19/h3-4,7H,2,5-6,8H2,1H3,(H,15,17)/t13-/m0/s1. The number of halogens is 1. The molecule has 1 N–H and O–H groups in total. The number of benzene rings is 1. The van der Waals surface area contributed by atoms with Crippen LogP contribution in [0.4, 0.5) is 10.1 Å². The highest BCUT2D eigenvalue weighted by atomic mass is 19.1. The van der Waals surface area contributed by atoms with E-state index in [-0.39, 0.29) is 5.56 Å². The van der Waals surface area contributed by atoms with E-state index in [0.717, 1.165) is 24.6 Å². The molecule has 1 aliphatic rings. The van der Waals surface area contributed by atoms with Crippen molar-refractivity contribution in [3.05, 3.63) is 39.7 Å². The maximum Gasteiger partial charge on any atom is 0.282 e. The third-order valence-corrected chi connectivity index (χ3v) is 3.25. The monoisotopic (exact) mass is 282 g/mol. The van der Waals surface area contributed by atoms with Crippen molar-refractivity contribution in [1.82, 2.24) is 5.32 Å². The second-order valence-electron chi connectivity index (χ2n) is 5.09. The molecule has 1 amide bonds. The van der Waals surface area contributed by atoms with Gasteiger partial charge in [-0.2, -0.15) is 0 Å². The lowest BCUT2D eigenvalue weighted by molar-refractivity contribution is -0.385. The smallest absolute Gasteiger partial charge is 0.282 e. The summed E-state index contributed by atoms with van der Waals surface area (Å²) in [6.45, 7) is 2.77. The molecule has 1 aromatic carbocycles. The molecular weight excluding hydrogens is 267 g/mol. The summed E-state index contributed by atoms with van der Waals surface area (Å²) in [4.78, 5) is 22.3. The Kier molecular flexibility index (Phi) is 3.99. The summed E-state index contributed by atoms with van der Waals surface area (Å²) < 4.78 is 18.5. The Morgan fingerprint density at radius 2 is 2.30 bits per heavy atom. The van der Waals surface area contributed by atoms with Gasteiger partial charge in [-0.1, -0.05) is 0 Å². The molecule has 1 heterocycles. The van der Waals surface area contributed by atoms with Crippen LogP contribution in [0.5, 0.6) is 0 Å². The number of carbonyl (C=O) groups is 1. The molecule has 0 aromatic heterocycles. The zero-order valence-electron chi connectivity index (χ0n) is 11.0. The summed E-state index contributed by atoms with van der Waals surface area (Å²) in [6, 6.07) is 2.82. The van der Waals surface area contributed by atoms with Crippen LogP contribution >= 0.6 is 0 Å². The molecule has 0 aliphatic carbocycles. The van der Waals surface area contributed by atoms with Gasteiger partial charge in [-0.05, 0) is 31.9 Å². The van der Waals surface area contributed by atoms with E-state index in [1.807, 2.05) is 0 Å². The van der Waals surface area contributed by atoms with Gasteiger partial charge in [0.1, 0.15) is 11.4 Å². The molecule has 7 heteroatoms. The van der Waals surface area contributed by atoms with Gasteiger partial charge in [-0.15, -0.1) is 0 Å². The molecule has 20 heavy (non-hydrogen) atoms. The molecular formula is C13H15FN2O4. The third kappa shape index (κ3) is 3.11. The molecule has 1 aliphatic heterocycles. The number of nitrogens with zero attached hydrogens (tertiary/aromatic N) is 1. The number of ether oxygens (including phenoxy) is 1. The van der Waals surface area contributed by atoms with E-state index in [1.165, 1.54) is 0 Å². The summed E-state index contributed by atoms with van der Waals surface area (Å²) >= 11 is 0. The molecule has 6 nitrogen and oxygen atoms in total. The minimum Gasteiger partial charge on any atom is -0.379 e. The van der Waals surface area contributed by atoms with E-state index in [2.05, 4.69) is 5.32 Å². The Labute approximate surface area is 115 Å². The number of carbonyl (C=O) groups excluding carboxylic acids is 1. The van der Waals surface area contributed by atoms with E-state index in [9.17, 15) is 19.3 Å². The first-order valence-electron chi connectivity index (χ1n) is 6.25. The SMILES string of the molecule is C[C@]1(NC(=O)c2cc(F)ccc2[N+](=O)[O-])CCCOC1. The Morgan fingerprint density at radius 3 is 2.90 bits per heavy atom. The van der Waals surface area contributed by atoms with E-state index in [1.54, 1.807) is 6.92 Å². The molecule has 0 bridgehead atoms. The van der Waals surface area contributed by atoms with Crippen molar-refractivity contribution in [2.75, 3.05) is 13.2 Å². The Hall–Kier alpha value is -2.02. The second kappa shape index (κ2) is 5.54. The molecule has 108 valence electrons. The van der Waals surface area contributed by atoms with Crippen molar-refractivity contribution in [3.8, 4) is 0 Å². The predicted molar refractivity (Wildman–Crippen MR) is 69.0 cm³/mol. The van der Waals surface area contributed by atoms with Crippen LogP contribution in [-0.2, 0) is 4.74 Å². The fourth-order valence-electron chi connectivity index (χ4n) is 2.22. The first-order chi connectivity index (χ1) is 9.41. The number of hydrogen-bond acceptors (Lipinski definition) is 4. The number of amides is 1. The highest BCUT2D eigenvalue weighted by Gasteiger charge is 2.31. The quantitative estimate of drug-likeness (QED) is 0.679. The maximum atomic E-state index is 13.2. The lowest BCUT2D eigenvalue weighted by atomic mass is 9.94. The van der Waals surface area contributed by atoms with E-state index >= 15 is 0 Å². The maximum absolute atomic E-state index is 13.2. The normalized spacial score (nSPS) is 22.3. The number of nitrogens with one attached hydrogen (secondary N) is 1. The fraction of sp³-hybridized carbons (Fsp3) is 0.462. The number of hydrogen-bond donors (Lipinski definition) is 1. The van der Waals surface area contributed by atoms with Crippen LogP contribution in [0.1, 0.15) is 30.1 Å². The highest BCUT2D eigenvalue weighted by molar-refractivity contribution is 5.98. The number of nitro groups is 1. The van der Waals surface area contributed by atoms with Crippen LogP contribution in [0.2, 0.25) is 0 Å². The average molecular weight is 282 g/mol. The zero-order chi connectivity index (χ0) is 14.8. The average Bonchev–Trinajstić information content (AvgIpc) is 2.38. The van der Waals surface area contributed by atoms with E-state index < -0.39 is 27.9 Å². The Morgan fingerprint density at radius 1 is 1.55 bits per heavy atom. The topological polar surface area (TPSA) is 81.5 Å². The van der Waals surface area contributed by atoms with Gasteiger partial charge in [0, 0.05) is 12.7 Å². The lowest BCUT2D eigenvalue weighted by Gasteiger charge is -2.34. The van der Waals surface area contributed by atoms with Crippen LogP contribution in [0.3, 0.4) is 0 Å². The van der Waals surface area contributed by atoms with Crippen molar-refractivity contribution in [3.63, 3.8) is 0 Å². The van der Waals surface area contributed by atoms with Gasteiger partial charge < -0.3 is 10.1 Å². The van der Waals surface area contributed by atoms with Gasteiger partial charge in [0.15, 0.2) is 0 Å². The first-order valence-corrected chi connectivity index (χ1v) is 6.25. The van der Waals surface area contributed by atoms with Crippen LogP contribution < -0.4 is 5.32 Å². The van der Waals surface area contributed by atoms with Crippen LogP contribution in [-0.4, -0.2) is 29.6 Å². The van der Waals surface area contributed by atoms with Gasteiger partial charge in [-0.25, -0.2) is 4.39 Å². The van der Waals surface area contributed by atoms with Gasteiger partial charge in [-0.3, -0.25) is 14.9 Å². The van der Waals surface area contributed by atoms with Crippen molar-refractivity contribution in [2.24, 2.45) is 0 Å². The lowest BCUT2D eigenvalue weighted by Crippen LogP contribution is -2.51. The van der Waals surface area contributed by atoms with Gasteiger partial charge >= 0.3 is 0 Å². The van der Waals surface area contributed by atoms with Crippen molar-refractivity contribution in [2.45, 2.75) is 25.3 Å². The Bertz CT molecular complexity index is 541. The summed E-state index contributed by atoms with van der Waals surface area (Å²) in [5, 5.41) is 13.6. The second-order valence-corrected chi connectivity index (χ2v) is 5.09. The molecule has 0 unspecified atom stereocenters. The molecule has 0 radical (unpaired) electrons. The summed E-state index contributed by atoms with van der Waals surface area (Å²) in [7, 11) is 0. The number of rotatable bonds is 3. The van der Waals surface area contributed by atoms with Crippen molar-refractivity contribution < 1.29 is 18.8 Å². The molecule has 1 aromatic rings. The Balaban J connectivity index is 2.24. The summed E-state index contributed by atoms with van der Waals surface area (Å²) in [5.74, 6) is -1.35. The molecule has 1 saturated heterocycles. The predicted octanol–water partition coefficient (Wildman–Crippen LogP) is 2.03. The first kappa shape index (κ1) is 14.4. The van der Waals surface area contributed by atoms with Crippen LogP contribution in [0.25, 0.3) is 0 Å². The van der Waals surface area contributed by atoms with Crippen LogP contribution in [0, 0.1) is 15.9 Å². The minimum absolute atomic E-state index is 0.276. The minimum atomic E-state index is -0.700. The number of nitro benzene ring substituents is 1. The van der Waals surface area contributed by atoms with Gasteiger partial charge in [0.25, 0.3) is 11.6 Å². The highest BCUT2D eigenvalue weighted by Crippen LogP contribution is 2.23. The molecule has 2 rings (SSSR count). The zero-order valence-corrected chi connectivity index (χ0v) is 11.0.